The molecule has 1 nitrogen and oxygen atoms in total. The van der Waals surface area contributed by atoms with Crippen LogP contribution in [-0.2, 0) is 6.54 Å². The van der Waals surface area contributed by atoms with Crippen LogP contribution in [0.25, 0.3) is 0 Å². The van der Waals surface area contributed by atoms with Gasteiger partial charge in [0.2, 0.25) is 0 Å². The molecule has 0 aromatic heterocycles. The van der Waals surface area contributed by atoms with Gasteiger partial charge in [-0.15, -0.1) is 11.8 Å². The molecule has 0 amide bonds. The first-order valence-corrected chi connectivity index (χ1v) is 5.86. The molecule has 0 saturated carbocycles. The Morgan fingerprint density at radius 2 is 2.07 bits per heavy atom. The third-order valence-corrected chi connectivity index (χ3v) is 2.99. The van der Waals surface area contributed by atoms with Crippen LogP contribution in [0.2, 0.25) is 0 Å². The first kappa shape index (κ1) is 11.3. The van der Waals surface area contributed by atoms with Crippen LogP contribution in [0, 0.1) is 0 Å². The molecule has 0 bridgehead atoms. The first-order chi connectivity index (χ1) is 6.83. The van der Waals surface area contributed by atoms with Crippen LogP contribution in [0.1, 0.15) is 18.9 Å². The second-order valence-electron chi connectivity index (χ2n) is 3.09. The highest BCUT2D eigenvalue weighted by Gasteiger charge is 1.92. The summed E-state index contributed by atoms with van der Waals surface area (Å²) in [6, 6.07) is 10.4. The van der Waals surface area contributed by atoms with E-state index in [9.17, 15) is 0 Å². The Bertz CT molecular complexity index is 269. The van der Waals surface area contributed by atoms with E-state index in [-0.39, 0.29) is 0 Å². The predicted octanol–water partition coefficient (Wildman–Crippen LogP) is 3.39. The topological polar surface area (TPSA) is 12.0 Å². The van der Waals surface area contributed by atoms with Gasteiger partial charge in [-0.3, -0.25) is 0 Å². The van der Waals surface area contributed by atoms with Crippen LogP contribution in [0.5, 0.6) is 0 Å². The van der Waals surface area contributed by atoms with Gasteiger partial charge in [0, 0.05) is 12.4 Å². The summed E-state index contributed by atoms with van der Waals surface area (Å²) >= 11 is 1.79. The zero-order valence-electron chi connectivity index (χ0n) is 8.62. The van der Waals surface area contributed by atoms with Gasteiger partial charge in [0.05, 0.1) is 0 Å². The lowest BCUT2D eigenvalue weighted by Gasteiger charge is -2.05. The lowest BCUT2D eigenvalue weighted by atomic mass is 10.2. The van der Waals surface area contributed by atoms with E-state index >= 15 is 0 Å². The van der Waals surface area contributed by atoms with E-state index in [1.807, 2.05) is 6.07 Å². The average Bonchev–Trinajstić information content (AvgIpc) is 2.25. The maximum Gasteiger partial charge on any atom is 0.0464 e. The third-order valence-electron chi connectivity index (χ3n) is 1.94. The van der Waals surface area contributed by atoms with Crippen LogP contribution in [0.3, 0.4) is 0 Å². The molecular formula is C12H17NS. The summed E-state index contributed by atoms with van der Waals surface area (Å²) in [6.45, 7) is 7.01. The summed E-state index contributed by atoms with van der Waals surface area (Å²) < 4.78 is 0. The highest BCUT2D eigenvalue weighted by atomic mass is 32.2. The van der Waals surface area contributed by atoms with Gasteiger partial charge >= 0.3 is 0 Å². The van der Waals surface area contributed by atoms with Crippen molar-refractivity contribution >= 4 is 11.8 Å². The Morgan fingerprint density at radius 1 is 1.36 bits per heavy atom. The van der Waals surface area contributed by atoms with Crippen LogP contribution < -0.4 is 5.32 Å². The summed E-state index contributed by atoms with van der Waals surface area (Å²) in [6.07, 6.45) is 1.05. The fourth-order valence-corrected chi connectivity index (χ4v) is 1.66. The van der Waals surface area contributed by atoms with E-state index < -0.39 is 0 Å². The molecule has 0 unspecified atom stereocenters. The molecule has 0 fully saturated rings. The van der Waals surface area contributed by atoms with E-state index in [0.29, 0.717) is 0 Å². The summed E-state index contributed by atoms with van der Waals surface area (Å²) in [4.78, 5) is 1.24. The Kier molecular flexibility index (Phi) is 5.42. The van der Waals surface area contributed by atoms with E-state index in [1.165, 1.54) is 10.5 Å². The normalized spacial score (nSPS) is 10.1. The molecule has 0 radical (unpaired) electrons. The van der Waals surface area contributed by atoms with Gasteiger partial charge < -0.3 is 5.32 Å². The standard InChI is InChI=1S/C12H17NS/c1-3-11(2)14-10-13-9-12-7-5-4-6-8-12/h4-8,13H,2-3,9-10H2,1H3. The zero-order valence-corrected chi connectivity index (χ0v) is 9.44. The van der Waals surface area contributed by atoms with Gasteiger partial charge in [-0.25, -0.2) is 0 Å². The highest BCUT2D eigenvalue weighted by Crippen LogP contribution is 2.14. The number of allylic oxidation sites excluding steroid dienone is 1. The average molecular weight is 207 g/mol. The van der Waals surface area contributed by atoms with Crippen molar-refractivity contribution in [3.8, 4) is 0 Å². The number of benzene rings is 1. The Labute approximate surface area is 90.6 Å². The van der Waals surface area contributed by atoms with Crippen LogP contribution in [0.15, 0.2) is 41.8 Å². The van der Waals surface area contributed by atoms with Crippen molar-refractivity contribution in [2.24, 2.45) is 0 Å². The van der Waals surface area contributed by atoms with Gasteiger partial charge in [-0.05, 0) is 16.9 Å². The number of nitrogens with one attached hydrogen (secondary N) is 1. The maximum absolute atomic E-state index is 3.94. The quantitative estimate of drug-likeness (QED) is 0.567. The SMILES string of the molecule is C=C(CC)SCNCc1ccccc1. The number of rotatable bonds is 6. The summed E-state index contributed by atoms with van der Waals surface area (Å²) in [5.74, 6) is 0.946. The fraction of sp³-hybridized carbons (Fsp3) is 0.333. The minimum atomic E-state index is 0.935. The van der Waals surface area contributed by atoms with Crippen LogP contribution >= 0.6 is 11.8 Å². The highest BCUT2D eigenvalue weighted by molar-refractivity contribution is 8.03. The summed E-state index contributed by atoms with van der Waals surface area (Å²) in [7, 11) is 0. The second-order valence-corrected chi connectivity index (χ2v) is 4.25. The maximum atomic E-state index is 3.94. The predicted molar refractivity (Wildman–Crippen MR) is 65.2 cm³/mol. The Balaban J connectivity index is 2.13. The fourth-order valence-electron chi connectivity index (χ4n) is 1.05. The van der Waals surface area contributed by atoms with E-state index in [2.05, 4.69) is 43.1 Å². The van der Waals surface area contributed by atoms with Gasteiger partial charge in [0.25, 0.3) is 0 Å². The summed E-state index contributed by atoms with van der Waals surface area (Å²) in [5, 5.41) is 3.37. The van der Waals surface area contributed by atoms with Crippen molar-refractivity contribution in [1.29, 1.82) is 0 Å². The molecular weight excluding hydrogens is 190 g/mol. The molecule has 14 heavy (non-hydrogen) atoms. The molecule has 1 aromatic rings. The molecule has 0 atom stereocenters. The minimum Gasteiger partial charge on any atom is -0.303 e. The molecule has 1 N–H and O–H groups in total. The van der Waals surface area contributed by atoms with Gasteiger partial charge in [-0.2, -0.15) is 0 Å². The molecule has 76 valence electrons. The summed E-state index contributed by atoms with van der Waals surface area (Å²) in [5.41, 5.74) is 1.33. The van der Waals surface area contributed by atoms with E-state index in [0.717, 1.165) is 18.8 Å². The zero-order chi connectivity index (χ0) is 10.2. The number of hydrogen-bond donors (Lipinski definition) is 1. The molecule has 0 heterocycles. The lowest BCUT2D eigenvalue weighted by Crippen LogP contribution is -2.11. The van der Waals surface area contributed by atoms with E-state index in [4.69, 9.17) is 0 Å². The third kappa shape index (κ3) is 4.49. The largest absolute Gasteiger partial charge is 0.303 e. The smallest absolute Gasteiger partial charge is 0.0464 e. The molecule has 1 aromatic carbocycles. The molecule has 0 aliphatic heterocycles. The van der Waals surface area contributed by atoms with Crippen molar-refractivity contribution in [3.63, 3.8) is 0 Å². The van der Waals surface area contributed by atoms with Gasteiger partial charge in [-0.1, -0.05) is 43.8 Å². The number of hydrogen-bond acceptors (Lipinski definition) is 2. The van der Waals surface area contributed by atoms with Crippen molar-refractivity contribution < 1.29 is 0 Å². The van der Waals surface area contributed by atoms with Crippen LogP contribution in [-0.4, -0.2) is 5.88 Å². The van der Waals surface area contributed by atoms with Crippen LogP contribution in [0.4, 0.5) is 0 Å². The minimum absolute atomic E-state index is 0.935. The van der Waals surface area contributed by atoms with Crippen molar-refractivity contribution in [1.82, 2.24) is 5.32 Å². The second kappa shape index (κ2) is 6.68. The molecule has 0 saturated heterocycles. The van der Waals surface area contributed by atoms with Gasteiger partial charge in [0.15, 0.2) is 0 Å². The Morgan fingerprint density at radius 3 is 2.71 bits per heavy atom. The molecule has 1 rings (SSSR count). The number of thioether (sulfide) groups is 1. The lowest BCUT2D eigenvalue weighted by molar-refractivity contribution is 0.797. The van der Waals surface area contributed by atoms with Crippen molar-refractivity contribution in [2.45, 2.75) is 19.9 Å². The monoisotopic (exact) mass is 207 g/mol. The van der Waals surface area contributed by atoms with E-state index in [1.54, 1.807) is 11.8 Å². The Hall–Kier alpha value is -0.730. The molecule has 0 spiro atoms. The molecule has 2 heteroatoms. The first-order valence-electron chi connectivity index (χ1n) is 4.88. The molecule has 0 aliphatic rings. The van der Waals surface area contributed by atoms with Crippen molar-refractivity contribution in [2.75, 3.05) is 5.88 Å². The molecule has 0 aliphatic carbocycles. The van der Waals surface area contributed by atoms with Gasteiger partial charge in [0.1, 0.15) is 0 Å². The van der Waals surface area contributed by atoms with Crippen molar-refractivity contribution in [3.05, 3.63) is 47.4 Å².